The van der Waals surface area contributed by atoms with E-state index in [1.54, 1.807) is 11.8 Å². The standard InChI is InChI=1S/C23H32N4O2S/c1-25-21(15-20(24-25)19-9-4-5-10-22(19)29-2)23(28)27-13-8-14-30-17-18(27)16-26-11-6-3-7-12-26/h4-5,9-10,15,18H,3,6-8,11-14,16-17H2,1-2H3. The number of carbonyl (C=O) groups is 1. The highest BCUT2D eigenvalue weighted by molar-refractivity contribution is 7.99. The number of ether oxygens (including phenoxy) is 1. The van der Waals surface area contributed by atoms with Gasteiger partial charge in [0.25, 0.3) is 5.91 Å². The van der Waals surface area contributed by atoms with E-state index in [0.29, 0.717) is 5.69 Å². The Bertz CT molecular complexity index is 863. The monoisotopic (exact) mass is 428 g/mol. The molecular weight excluding hydrogens is 396 g/mol. The van der Waals surface area contributed by atoms with Crippen molar-refractivity contribution in [3.8, 4) is 17.0 Å². The Labute approximate surface area is 183 Å². The van der Waals surface area contributed by atoms with Gasteiger partial charge in [0.2, 0.25) is 0 Å². The summed E-state index contributed by atoms with van der Waals surface area (Å²) >= 11 is 1.98. The molecule has 162 valence electrons. The molecule has 0 N–H and O–H groups in total. The van der Waals surface area contributed by atoms with E-state index in [2.05, 4.69) is 14.9 Å². The summed E-state index contributed by atoms with van der Waals surface area (Å²) in [5, 5.41) is 4.64. The van der Waals surface area contributed by atoms with Crippen LogP contribution < -0.4 is 4.74 Å². The third-order valence-corrected chi connectivity index (χ3v) is 7.30. The maximum atomic E-state index is 13.6. The van der Waals surface area contributed by atoms with E-state index < -0.39 is 0 Å². The smallest absolute Gasteiger partial charge is 0.272 e. The zero-order valence-electron chi connectivity index (χ0n) is 18.0. The Balaban J connectivity index is 1.57. The molecule has 2 fully saturated rings. The van der Waals surface area contributed by atoms with Gasteiger partial charge in [-0.05, 0) is 56.3 Å². The third kappa shape index (κ3) is 4.67. The molecule has 0 saturated carbocycles. The number of likely N-dealkylation sites (tertiary alicyclic amines) is 1. The van der Waals surface area contributed by atoms with Crippen molar-refractivity contribution < 1.29 is 9.53 Å². The number of hydrogen-bond acceptors (Lipinski definition) is 5. The molecule has 0 aliphatic carbocycles. The van der Waals surface area contributed by atoms with E-state index >= 15 is 0 Å². The maximum Gasteiger partial charge on any atom is 0.272 e. The van der Waals surface area contributed by atoms with Crippen LogP contribution in [0.25, 0.3) is 11.3 Å². The molecule has 30 heavy (non-hydrogen) atoms. The van der Waals surface area contributed by atoms with Crippen molar-refractivity contribution in [2.45, 2.75) is 31.7 Å². The maximum absolute atomic E-state index is 13.6. The van der Waals surface area contributed by atoms with Crippen LogP contribution in [0.3, 0.4) is 0 Å². The lowest BCUT2D eigenvalue weighted by Gasteiger charge is -2.35. The second kappa shape index (κ2) is 9.88. The Kier molecular flexibility index (Phi) is 7.00. The average Bonchev–Trinajstić information content (AvgIpc) is 3.02. The van der Waals surface area contributed by atoms with E-state index in [-0.39, 0.29) is 11.9 Å². The average molecular weight is 429 g/mol. The van der Waals surface area contributed by atoms with Crippen LogP contribution in [-0.4, -0.2) is 76.3 Å². The molecule has 1 aromatic carbocycles. The molecule has 0 spiro atoms. The van der Waals surface area contributed by atoms with E-state index in [1.807, 2.05) is 49.1 Å². The van der Waals surface area contributed by atoms with Gasteiger partial charge in [0.05, 0.1) is 18.8 Å². The van der Waals surface area contributed by atoms with Crippen molar-refractivity contribution in [2.24, 2.45) is 7.05 Å². The minimum atomic E-state index is 0.0932. The quantitative estimate of drug-likeness (QED) is 0.729. The summed E-state index contributed by atoms with van der Waals surface area (Å²) in [5.41, 5.74) is 2.33. The normalized spacial score (nSPS) is 20.7. The van der Waals surface area contributed by atoms with Crippen LogP contribution >= 0.6 is 11.8 Å². The summed E-state index contributed by atoms with van der Waals surface area (Å²) < 4.78 is 7.21. The number of amides is 1. The molecule has 0 bridgehead atoms. The van der Waals surface area contributed by atoms with Crippen molar-refractivity contribution >= 4 is 17.7 Å². The lowest BCUT2D eigenvalue weighted by molar-refractivity contribution is 0.0634. The van der Waals surface area contributed by atoms with Crippen molar-refractivity contribution in [3.05, 3.63) is 36.0 Å². The molecule has 2 saturated heterocycles. The summed E-state index contributed by atoms with van der Waals surface area (Å²) in [5.74, 6) is 3.00. The number of thioether (sulfide) groups is 1. The first-order valence-corrected chi connectivity index (χ1v) is 12.1. The number of carbonyl (C=O) groups excluding carboxylic acids is 1. The van der Waals surface area contributed by atoms with E-state index in [0.717, 1.165) is 61.1 Å². The second-order valence-electron chi connectivity index (χ2n) is 8.18. The predicted octanol–water partition coefficient (Wildman–Crippen LogP) is 3.53. The van der Waals surface area contributed by atoms with Gasteiger partial charge in [0, 0.05) is 31.5 Å². The minimum Gasteiger partial charge on any atom is -0.496 e. The molecule has 4 rings (SSSR count). The number of aromatic nitrogens is 2. The first-order valence-electron chi connectivity index (χ1n) is 11.0. The largest absolute Gasteiger partial charge is 0.496 e. The van der Waals surface area contributed by atoms with Gasteiger partial charge in [0.1, 0.15) is 11.4 Å². The summed E-state index contributed by atoms with van der Waals surface area (Å²) in [7, 11) is 3.52. The van der Waals surface area contributed by atoms with Crippen molar-refractivity contribution in [1.82, 2.24) is 19.6 Å². The summed E-state index contributed by atoms with van der Waals surface area (Å²) in [6.45, 7) is 4.12. The van der Waals surface area contributed by atoms with Gasteiger partial charge in [-0.2, -0.15) is 16.9 Å². The molecule has 1 amide bonds. The van der Waals surface area contributed by atoms with Crippen molar-refractivity contribution in [2.75, 3.05) is 44.8 Å². The number of methoxy groups -OCH3 is 1. The SMILES string of the molecule is COc1ccccc1-c1cc(C(=O)N2CCCSCC2CN2CCCCC2)n(C)n1. The van der Waals surface area contributed by atoms with Crippen LogP contribution in [0.15, 0.2) is 30.3 Å². The van der Waals surface area contributed by atoms with Crippen LogP contribution in [-0.2, 0) is 7.05 Å². The molecule has 2 aromatic rings. The molecule has 1 aromatic heterocycles. The fraction of sp³-hybridized carbons (Fsp3) is 0.565. The van der Waals surface area contributed by atoms with Crippen LogP contribution in [0.4, 0.5) is 0 Å². The van der Waals surface area contributed by atoms with Crippen LogP contribution in [0.5, 0.6) is 5.75 Å². The van der Waals surface area contributed by atoms with Gasteiger partial charge < -0.3 is 14.5 Å². The van der Waals surface area contributed by atoms with Crippen molar-refractivity contribution in [1.29, 1.82) is 0 Å². The van der Waals surface area contributed by atoms with Gasteiger partial charge in [0.15, 0.2) is 0 Å². The lowest BCUT2D eigenvalue weighted by atomic mass is 10.1. The molecule has 0 radical (unpaired) electrons. The van der Waals surface area contributed by atoms with Crippen LogP contribution in [0, 0.1) is 0 Å². The molecular formula is C23H32N4O2S. The predicted molar refractivity (Wildman–Crippen MR) is 122 cm³/mol. The summed E-state index contributed by atoms with van der Waals surface area (Å²) in [4.78, 5) is 18.3. The van der Waals surface area contributed by atoms with Gasteiger partial charge in [-0.3, -0.25) is 9.48 Å². The first-order chi connectivity index (χ1) is 14.7. The fourth-order valence-corrected chi connectivity index (χ4v) is 5.55. The number of benzene rings is 1. The van der Waals surface area contributed by atoms with Crippen molar-refractivity contribution in [3.63, 3.8) is 0 Å². The molecule has 3 heterocycles. The number of piperidine rings is 1. The summed E-state index contributed by atoms with van der Waals surface area (Å²) in [6.07, 6.45) is 4.93. The zero-order chi connectivity index (χ0) is 20.9. The summed E-state index contributed by atoms with van der Waals surface area (Å²) in [6, 6.07) is 9.98. The van der Waals surface area contributed by atoms with Gasteiger partial charge in [-0.25, -0.2) is 0 Å². The number of hydrogen-bond donors (Lipinski definition) is 0. The fourth-order valence-electron chi connectivity index (χ4n) is 4.49. The van der Waals surface area contributed by atoms with E-state index in [1.165, 1.54) is 19.3 Å². The van der Waals surface area contributed by atoms with Gasteiger partial charge >= 0.3 is 0 Å². The molecule has 1 atom stereocenters. The Morgan fingerprint density at radius 1 is 1.17 bits per heavy atom. The molecule has 1 unspecified atom stereocenters. The van der Waals surface area contributed by atoms with E-state index in [4.69, 9.17) is 4.74 Å². The highest BCUT2D eigenvalue weighted by Gasteiger charge is 2.30. The Hall–Kier alpha value is -1.99. The van der Waals surface area contributed by atoms with Crippen LogP contribution in [0.1, 0.15) is 36.2 Å². The number of aryl methyl sites for hydroxylation is 1. The minimum absolute atomic E-state index is 0.0932. The van der Waals surface area contributed by atoms with E-state index in [9.17, 15) is 4.79 Å². The zero-order valence-corrected chi connectivity index (χ0v) is 18.9. The Morgan fingerprint density at radius 2 is 1.97 bits per heavy atom. The van der Waals surface area contributed by atoms with Gasteiger partial charge in [-0.1, -0.05) is 18.6 Å². The first kappa shape index (κ1) is 21.2. The second-order valence-corrected chi connectivity index (χ2v) is 9.33. The van der Waals surface area contributed by atoms with Crippen LogP contribution in [0.2, 0.25) is 0 Å². The Morgan fingerprint density at radius 3 is 2.77 bits per heavy atom. The highest BCUT2D eigenvalue weighted by atomic mass is 32.2. The topological polar surface area (TPSA) is 50.6 Å². The van der Waals surface area contributed by atoms with Gasteiger partial charge in [-0.15, -0.1) is 0 Å². The molecule has 7 heteroatoms. The highest BCUT2D eigenvalue weighted by Crippen LogP contribution is 2.30. The third-order valence-electron chi connectivity index (χ3n) is 6.10. The molecule has 6 nitrogen and oxygen atoms in total. The molecule has 2 aliphatic heterocycles. The number of para-hydroxylation sites is 1. The molecule has 2 aliphatic rings. The lowest BCUT2D eigenvalue weighted by Crippen LogP contribution is -2.49. The number of nitrogens with zero attached hydrogens (tertiary/aromatic N) is 4. The number of rotatable bonds is 5.